The summed E-state index contributed by atoms with van der Waals surface area (Å²) in [5.74, 6) is 1.41. The van der Waals surface area contributed by atoms with Crippen LogP contribution in [0.15, 0.2) is 58.5 Å². The van der Waals surface area contributed by atoms with Gasteiger partial charge in [-0.25, -0.2) is 0 Å². The maximum absolute atomic E-state index is 10.2. The van der Waals surface area contributed by atoms with Crippen molar-refractivity contribution < 1.29 is 14.6 Å². The molecule has 0 unspecified atom stereocenters. The Kier molecular flexibility index (Phi) is 6.17. The van der Waals surface area contributed by atoms with E-state index in [0.29, 0.717) is 24.6 Å². The molecule has 25 heavy (non-hydrogen) atoms. The summed E-state index contributed by atoms with van der Waals surface area (Å²) in [4.78, 5) is 8.88. The Bertz CT molecular complexity index is 682. The Morgan fingerprint density at radius 3 is 1.76 bits per heavy atom. The maximum Gasteiger partial charge on any atom is 0.128 e. The first-order chi connectivity index (χ1) is 12.3. The summed E-state index contributed by atoms with van der Waals surface area (Å²) in [5.41, 5.74) is 1.80. The van der Waals surface area contributed by atoms with Crippen LogP contribution in [0.2, 0.25) is 0 Å². The highest BCUT2D eigenvalue weighted by atomic mass is 16.5. The number of para-hydroxylation sites is 2. The molecule has 1 heterocycles. The standard InChI is InChI=1S/C20H22N2O3/c23-18-14-24-19-8-3-1-6-16(19)12-21-10-5-11-22-13-17-7-2-4-9-20(17)25-15-18/h1-4,6-9,12-13,18,23H,5,10-11,14-15H2. The monoisotopic (exact) mass is 338 g/mol. The average Bonchev–Trinajstić information content (AvgIpc) is 2.64. The molecule has 0 aliphatic carbocycles. The van der Waals surface area contributed by atoms with E-state index in [1.807, 2.05) is 61.0 Å². The van der Waals surface area contributed by atoms with Crippen molar-refractivity contribution in [2.24, 2.45) is 9.98 Å². The zero-order valence-corrected chi connectivity index (χ0v) is 14.0. The molecule has 0 fully saturated rings. The Hall–Kier alpha value is -2.66. The lowest BCUT2D eigenvalue weighted by atomic mass is 10.2. The Morgan fingerprint density at radius 2 is 1.24 bits per heavy atom. The van der Waals surface area contributed by atoms with Crippen LogP contribution >= 0.6 is 0 Å². The molecular formula is C20H22N2O3. The molecule has 2 aromatic carbocycles. The molecule has 0 amide bonds. The summed E-state index contributed by atoms with van der Waals surface area (Å²) >= 11 is 0. The van der Waals surface area contributed by atoms with E-state index in [4.69, 9.17) is 9.47 Å². The van der Waals surface area contributed by atoms with Gasteiger partial charge in [0.25, 0.3) is 0 Å². The Morgan fingerprint density at radius 1 is 0.760 bits per heavy atom. The van der Waals surface area contributed by atoms with Gasteiger partial charge in [-0.2, -0.15) is 0 Å². The summed E-state index contributed by atoms with van der Waals surface area (Å²) in [6.45, 7) is 1.71. The predicted octanol–water partition coefficient (Wildman–Crippen LogP) is 2.75. The van der Waals surface area contributed by atoms with Crippen molar-refractivity contribution in [1.82, 2.24) is 0 Å². The fraction of sp³-hybridized carbons (Fsp3) is 0.300. The van der Waals surface area contributed by atoms with Gasteiger partial charge in [0.05, 0.1) is 0 Å². The van der Waals surface area contributed by atoms with Crippen molar-refractivity contribution in [3.8, 4) is 11.5 Å². The minimum absolute atomic E-state index is 0.154. The van der Waals surface area contributed by atoms with Crippen LogP contribution < -0.4 is 9.47 Å². The zero-order chi connectivity index (χ0) is 17.3. The Labute approximate surface area is 147 Å². The third-order valence-electron chi connectivity index (χ3n) is 3.74. The van der Waals surface area contributed by atoms with Gasteiger partial charge in [0.15, 0.2) is 0 Å². The number of rotatable bonds is 0. The van der Waals surface area contributed by atoms with Crippen molar-refractivity contribution in [2.45, 2.75) is 12.5 Å². The van der Waals surface area contributed by atoms with Crippen molar-refractivity contribution >= 4 is 12.4 Å². The van der Waals surface area contributed by atoms with Crippen LogP contribution in [0.1, 0.15) is 17.5 Å². The molecule has 5 heteroatoms. The number of hydrogen-bond donors (Lipinski definition) is 1. The van der Waals surface area contributed by atoms with E-state index < -0.39 is 6.10 Å². The van der Waals surface area contributed by atoms with E-state index in [1.165, 1.54) is 0 Å². The normalized spacial score (nSPS) is 18.5. The van der Waals surface area contributed by atoms with Gasteiger partial charge >= 0.3 is 0 Å². The number of aliphatic hydroxyl groups is 1. The number of ether oxygens (including phenoxy) is 2. The van der Waals surface area contributed by atoms with Crippen LogP contribution in [0.5, 0.6) is 11.5 Å². The second kappa shape index (κ2) is 8.99. The number of hydrogen-bond acceptors (Lipinski definition) is 5. The van der Waals surface area contributed by atoms with Crippen LogP contribution in [0, 0.1) is 0 Å². The van der Waals surface area contributed by atoms with E-state index >= 15 is 0 Å². The molecule has 0 spiro atoms. The molecule has 2 aromatic rings. The van der Waals surface area contributed by atoms with E-state index in [-0.39, 0.29) is 13.2 Å². The van der Waals surface area contributed by atoms with Crippen LogP contribution in [0.25, 0.3) is 0 Å². The first-order valence-electron chi connectivity index (χ1n) is 8.44. The van der Waals surface area contributed by atoms with Gasteiger partial charge in [0, 0.05) is 36.6 Å². The van der Waals surface area contributed by atoms with Gasteiger partial charge in [0.1, 0.15) is 30.8 Å². The third-order valence-corrected chi connectivity index (χ3v) is 3.74. The van der Waals surface area contributed by atoms with E-state index in [9.17, 15) is 5.11 Å². The highest BCUT2D eigenvalue weighted by molar-refractivity contribution is 5.84. The van der Waals surface area contributed by atoms with Crippen molar-refractivity contribution in [2.75, 3.05) is 26.3 Å². The first-order valence-corrected chi connectivity index (χ1v) is 8.44. The fourth-order valence-corrected chi connectivity index (χ4v) is 2.44. The quantitative estimate of drug-likeness (QED) is 0.803. The topological polar surface area (TPSA) is 63.4 Å². The van der Waals surface area contributed by atoms with Gasteiger partial charge < -0.3 is 14.6 Å². The predicted molar refractivity (Wildman–Crippen MR) is 99.4 cm³/mol. The van der Waals surface area contributed by atoms with Gasteiger partial charge in [-0.15, -0.1) is 0 Å². The Balaban J connectivity index is 1.76. The fourth-order valence-electron chi connectivity index (χ4n) is 2.44. The number of aliphatic hydroxyl groups excluding tert-OH is 1. The van der Waals surface area contributed by atoms with Gasteiger partial charge in [-0.05, 0) is 30.7 Å². The van der Waals surface area contributed by atoms with Crippen molar-refractivity contribution in [1.29, 1.82) is 0 Å². The number of aliphatic imine (C=N–C) groups is 2. The molecule has 1 aliphatic rings. The van der Waals surface area contributed by atoms with E-state index in [1.54, 1.807) is 0 Å². The SMILES string of the molecule is OC1COc2ccccc2C=NCCCN=Cc2ccccc2OC1. The van der Waals surface area contributed by atoms with Gasteiger partial charge in [-0.3, -0.25) is 9.98 Å². The molecule has 0 bridgehead atoms. The van der Waals surface area contributed by atoms with Gasteiger partial charge in [-0.1, -0.05) is 24.3 Å². The van der Waals surface area contributed by atoms with Crippen molar-refractivity contribution in [3.05, 3.63) is 59.7 Å². The molecule has 0 aromatic heterocycles. The molecule has 0 saturated heterocycles. The van der Waals surface area contributed by atoms with Gasteiger partial charge in [0.2, 0.25) is 0 Å². The lowest BCUT2D eigenvalue weighted by molar-refractivity contribution is 0.0625. The number of nitrogens with zero attached hydrogens (tertiary/aromatic N) is 2. The first kappa shape index (κ1) is 17.2. The molecule has 0 saturated carbocycles. The van der Waals surface area contributed by atoms with Crippen LogP contribution in [-0.4, -0.2) is 49.9 Å². The maximum atomic E-state index is 10.2. The minimum Gasteiger partial charge on any atom is -0.490 e. The highest BCUT2D eigenvalue weighted by Crippen LogP contribution is 2.18. The highest BCUT2D eigenvalue weighted by Gasteiger charge is 2.10. The van der Waals surface area contributed by atoms with E-state index in [2.05, 4.69) is 9.98 Å². The molecule has 1 N–H and O–H groups in total. The zero-order valence-electron chi connectivity index (χ0n) is 14.0. The summed E-state index contributed by atoms with van der Waals surface area (Å²) in [5, 5.41) is 10.2. The molecule has 5 nitrogen and oxygen atoms in total. The van der Waals surface area contributed by atoms with E-state index in [0.717, 1.165) is 17.5 Å². The molecular weight excluding hydrogens is 316 g/mol. The van der Waals surface area contributed by atoms with Crippen LogP contribution in [0.3, 0.4) is 0 Å². The third kappa shape index (κ3) is 5.16. The van der Waals surface area contributed by atoms with Crippen LogP contribution in [0.4, 0.5) is 0 Å². The largest absolute Gasteiger partial charge is 0.490 e. The van der Waals surface area contributed by atoms with Crippen LogP contribution in [-0.2, 0) is 0 Å². The molecule has 0 radical (unpaired) electrons. The summed E-state index contributed by atoms with van der Waals surface area (Å²) in [7, 11) is 0. The average molecular weight is 338 g/mol. The smallest absolute Gasteiger partial charge is 0.128 e. The summed E-state index contributed by atoms with van der Waals surface area (Å²) < 4.78 is 11.5. The number of benzene rings is 2. The summed E-state index contributed by atoms with van der Waals surface area (Å²) in [6.07, 6.45) is 3.76. The summed E-state index contributed by atoms with van der Waals surface area (Å²) in [6, 6.07) is 15.3. The lowest BCUT2D eigenvalue weighted by Crippen LogP contribution is -2.25. The van der Waals surface area contributed by atoms with Crippen molar-refractivity contribution in [3.63, 3.8) is 0 Å². The second-order valence-electron chi connectivity index (χ2n) is 5.78. The number of fused-ring (bicyclic) bond motifs is 2. The molecule has 1 aliphatic heterocycles. The second-order valence-corrected chi connectivity index (χ2v) is 5.78. The molecule has 130 valence electrons. The molecule has 3 rings (SSSR count). The molecule has 0 atom stereocenters. The lowest BCUT2D eigenvalue weighted by Gasteiger charge is -2.15. The minimum atomic E-state index is -0.733.